The number of thioether (sulfide) groups is 1. The fraction of sp³-hybridized carbons (Fsp3) is 0.722. The highest BCUT2D eigenvalue weighted by molar-refractivity contribution is 7.98. The first-order valence-corrected chi connectivity index (χ1v) is 11.8. The molecule has 0 rings (SSSR count). The van der Waals surface area contributed by atoms with Crippen LogP contribution >= 0.6 is 24.4 Å². The number of hydrogen-bond acceptors (Lipinski definition) is 8. The van der Waals surface area contributed by atoms with Crippen LogP contribution < -0.4 is 27.4 Å². The lowest BCUT2D eigenvalue weighted by Gasteiger charge is -2.26. The van der Waals surface area contributed by atoms with E-state index in [-0.39, 0.29) is 18.1 Å². The van der Waals surface area contributed by atoms with E-state index in [1.807, 2.05) is 13.2 Å². The molecule has 0 aromatic carbocycles. The summed E-state index contributed by atoms with van der Waals surface area (Å²) in [5.74, 6) is -3.89. The molecule has 0 bridgehead atoms. The van der Waals surface area contributed by atoms with Gasteiger partial charge in [-0.25, -0.2) is 4.79 Å². The van der Waals surface area contributed by atoms with Crippen molar-refractivity contribution in [1.29, 1.82) is 0 Å². The monoisotopic (exact) mass is 479 g/mol. The van der Waals surface area contributed by atoms with E-state index < -0.39 is 60.2 Å². The van der Waals surface area contributed by atoms with Crippen LogP contribution in [0.15, 0.2) is 0 Å². The molecule has 0 saturated heterocycles. The van der Waals surface area contributed by atoms with Crippen LogP contribution in [0.4, 0.5) is 0 Å². The van der Waals surface area contributed by atoms with Gasteiger partial charge in [0.1, 0.15) is 18.1 Å². The Morgan fingerprint density at radius 3 is 2.03 bits per heavy atom. The number of amides is 4. The largest absolute Gasteiger partial charge is 0.480 e. The maximum atomic E-state index is 12.7. The number of nitrogens with one attached hydrogen (secondary N) is 3. The summed E-state index contributed by atoms with van der Waals surface area (Å²) in [6, 6.07) is -4.46. The van der Waals surface area contributed by atoms with Gasteiger partial charge in [0.25, 0.3) is 0 Å². The fourth-order valence-electron chi connectivity index (χ4n) is 2.50. The first kappa shape index (κ1) is 29.0. The van der Waals surface area contributed by atoms with E-state index in [9.17, 15) is 29.1 Å². The summed E-state index contributed by atoms with van der Waals surface area (Å²) in [4.78, 5) is 59.8. The molecule has 5 atom stereocenters. The molecular formula is C18H33N5O6S2. The number of aliphatic carboxylic acids is 1. The van der Waals surface area contributed by atoms with E-state index in [1.165, 1.54) is 11.8 Å². The second-order valence-electron chi connectivity index (χ2n) is 7.07. The minimum Gasteiger partial charge on any atom is -0.480 e. The van der Waals surface area contributed by atoms with Crippen LogP contribution in [0.2, 0.25) is 0 Å². The van der Waals surface area contributed by atoms with Gasteiger partial charge in [0.15, 0.2) is 0 Å². The standard InChI is InChI=1S/C18H33N5O6S2/c1-4-9(2)14(18(28)29)23-16(26)11(5-6-31-3)21-17(27)12(8-30)22-15(25)10(19)7-13(20)24/h9-12,14,30H,4-8,19H2,1-3H3,(H2,20,24)(H,21,27)(H,22,25)(H,23,26)(H,28,29). The van der Waals surface area contributed by atoms with Crippen LogP contribution in [0, 0.1) is 5.92 Å². The van der Waals surface area contributed by atoms with Crippen molar-refractivity contribution < 1.29 is 29.1 Å². The smallest absolute Gasteiger partial charge is 0.326 e. The highest BCUT2D eigenvalue weighted by atomic mass is 32.2. The Morgan fingerprint density at radius 1 is 1.03 bits per heavy atom. The minimum absolute atomic E-state index is 0.0949. The van der Waals surface area contributed by atoms with Gasteiger partial charge in [0.2, 0.25) is 23.6 Å². The second kappa shape index (κ2) is 14.9. The molecule has 13 heteroatoms. The van der Waals surface area contributed by atoms with Crippen molar-refractivity contribution in [3.05, 3.63) is 0 Å². The zero-order valence-corrected chi connectivity index (χ0v) is 19.6. The van der Waals surface area contributed by atoms with Crippen molar-refractivity contribution in [2.24, 2.45) is 17.4 Å². The fourth-order valence-corrected chi connectivity index (χ4v) is 3.22. The molecule has 0 radical (unpaired) electrons. The molecule has 11 nitrogen and oxygen atoms in total. The average molecular weight is 480 g/mol. The highest BCUT2D eigenvalue weighted by Crippen LogP contribution is 2.10. The lowest BCUT2D eigenvalue weighted by atomic mass is 9.98. The van der Waals surface area contributed by atoms with Crippen molar-refractivity contribution in [2.45, 2.75) is 57.3 Å². The number of thiol groups is 1. The third-order valence-corrected chi connectivity index (χ3v) is 5.60. The van der Waals surface area contributed by atoms with E-state index in [0.29, 0.717) is 12.2 Å². The number of carbonyl (C=O) groups is 5. The summed E-state index contributed by atoms with van der Waals surface area (Å²) >= 11 is 5.50. The van der Waals surface area contributed by atoms with Crippen LogP contribution in [-0.4, -0.2) is 76.6 Å². The Kier molecular flexibility index (Phi) is 14.0. The summed E-state index contributed by atoms with van der Waals surface area (Å²) < 4.78 is 0. The van der Waals surface area contributed by atoms with Gasteiger partial charge in [-0.15, -0.1) is 0 Å². The van der Waals surface area contributed by atoms with Crippen molar-refractivity contribution in [1.82, 2.24) is 16.0 Å². The maximum Gasteiger partial charge on any atom is 0.326 e. The number of hydrogen-bond donors (Lipinski definition) is 7. The molecule has 0 spiro atoms. The SMILES string of the molecule is CCC(C)C(NC(=O)C(CCSC)NC(=O)C(CS)NC(=O)C(N)CC(N)=O)C(=O)O. The summed E-state index contributed by atoms with van der Waals surface area (Å²) in [7, 11) is 0. The molecule has 0 aliphatic rings. The molecule has 0 heterocycles. The summed E-state index contributed by atoms with van der Waals surface area (Å²) in [6.45, 7) is 3.51. The molecule has 0 aliphatic carbocycles. The van der Waals surface area contributed by atoms with Crippen molar-refractivity contribution in [3.8, 4) is 0 Å². The quantitative estimate of drug-likeness (QED) is 0.137. The van der Waals surface area contributed by atoms with Gasteiger partial charge < -0.3 is 32.5 Å². The number of primary amides is 1. The Labute approximate surface area is 191 Å². The van der Waals surface area contributed by atoms with Crippen LogP contribution in [0.5, 0.6) is 0 Å². The molecule has 0 saturated carbocycles. The molecule has 0 aliphatic heterocycles. The number of rotatable bonds is 15. The molecule has 0 aromatic heterocycles. The molecular weight excluding hydrogens is 446 g/mol. The van der Waals surface area contributed by atoms with E-state index in [0.717, 1.165) is 0 Å². The Balaban J connectivity index is 5.27. The van der Waals surface area contributed by atoms with Crippen LogP contribution in [0.25, 0.3) is 0 Å². The van der Waals surface area contributed by atoms with E-state index in [4.69, 9.17) is 11.5 Å². The lowest BCUT2D eigenvalue weighted by molar-refractivity contribution is -0.143. The van der Waals surface area contributed by atoms with E-state index >= 15 is 0 Å². The first-order chi connectivity index (χ1) is 14.5. The van der Waals surface area contributed by atoms with Crippen LogP contribution in [0.1, 0.15) is 33.1 Å². The number of nitrogens with two attached hydrogens (primary N) is 2. The van der Waals surface area contributed by atoms with Gasteiger partial charge in [0.05, 0.1) is 12.5 Å². The Morgan fingerprint density at radius 2 is 1.58 bits per heavy atom. The van der Waals surface area contributed by atoms with Gasteiger partial charge in [-0.05, 0) is 24.3 Å². The predicted octanol–water partition coefficient (Wildman–Crippen LogP) is -1.54. The molecule has 31 heavy (non-hydrogen) atoms. The molecule has 0 aromatic rings. The second-order valence-corrected chi connectivity index (χ2v) is 8.42. The van der Waals surface area contributed by atoms with Gasteiger partial charge in [-0.2, -0.15) is 24.4 Å². The average Bonchev–Trinajstić information content (AvgIpc) is 2.71. The Bertz CT molecular complexity index is 651. The zero-order chi connectivity index (χ0) is 24.1. The highest BCUT2D eigenvalue weighted by Gasteiger charge is 2.31. The molecule has 5 unspecified atom stereocenters. The van der Waals surface area contributed by atoms with E-state index in [2.05, 4.69) is 28.6 Å². The minimum atomic E-state index is -1.23. The van der Waals surface area contributed by atoms with Crippen molar-refractivity contribution >= 4 is 54.0 Å². The third kappa shape index (κ3) is 10.7. The van der Waals surface area contributed by atoms with E-state index in [1.54, 1.807) is 6.92 Å². The summed E-state index contributed by atoms with van der Waals surface area (Å²) in [5.41, 5.74) is 10.6. The van der Waals surface area contributed by atoms with Crippen LogP contribution in [0.3, 0.4) is 0 Å². The van der Waals surface area contributed by atoms with Crippen LogP contribution in [-0.2, 0) is 24.0 Å². The van der Waals surface area contributed by atoms with Crippen molar-refractivity contribution in [2.75, 3.05) is 17.8 Å². The van der Waals surface area contributed by atoms with Crippen molar-refractivity contribution in [3.63, 3.8) is 0 Å². The normalized spacial score (nSPS) is 15.6. The lowest BCUT2D eigenvalue weighted by Crippen LogP contribution is -2.58. The predicted molar refractivity (Wildman–Crippen MR) is 122 cm³/mol. The molecule has 0 fully saturated rings. The molecule has 4 amide bonds. The number of carboxylic acid groups (broad SMARTS) is 1. The number of carbonyl (C=O) groups excluding carboxylic acids is 4. The zero-order valence-electron chi connectivity index (χ0n) is 17.9. The summed E-state index contributed by atoms with van der Waals surface area (Å²) in [6.07, 6.45) is 2.23. The maximum absolute atomic E-state index is 12.7. The van der Waals surface area contributed by atoms with Gasteiger partial charge in [0, 0.05) is 5.75 Å². The number of carboxylic acids is 1. The molecule has 178 valence electrons. The first-order valence-electron chi connectivity index (χ1n) is 9.75. The van der Waals surface area contributed by atoms with Gasteiger partial charge in [-0.3, -0.25) is 19.2 Å². The topological polar surface area (TPSA) is 194 Å². The summed E-state index contributed by atoms with van der Waals surface area (Å²) in [5, 5.41) is 16.8. The van der Waals surface area contributed by atoms with Gasteiger partial charge in [-0.1, -0.05) is 20.3 Å². The molecule has 8 N–H and O–H groups in total. The Hall–Kier alpha value is -1.99. The third-order valence-electron chi connectivity index (χ3n) is 4.59. The van der Waals surface area contributed by atoms with Gasteiger partial charge >= 0.3 is 5.97 Å².